The van der Waals surface area contributed by atoms with Gasteiger partial charge in [-0.1, -0.05) is 6.08 Å². The number of hydrogen-bond acceptors (Lipinski definition) is 0. The third-order valence-electron chi connectivity index (χ3n) is 2.76. The second-order valence-electron chi connectivity index (χ2n) is 3.84. The summed E-state index contributed by atoms with van der Waals surface area (Å²) in [4.78, 5) is 0. The third-order valence-corrected chi connectivity index (χ3v) is 2.76. The lowest BCUT2D eigenvalue weighted by Crippen LogP contribution is -1.77. The minimum absolute atomic E-state index is 1.14. The van der Waals surface area contributed by atoms with Gasteiger partial charge in [0.1, 0.15) is 0 Å². The number of allylic oxidation sites excluding steroid dienone is 6. The minimum Gasteiger partial charge on any atom is -0.106 e. The van der Waals surface area contributed by atoms with Crippen LogP contribution < -0.4 is 0 Å². The molecule has 74 valence electrons. The Bertz CT molecular complexity index is 595. The number of fused-ring (bicyclic) bond motifs is 1. The van der Waals surface area contributed by atoms with Crippen LogP contribution in [-0.4, -0.2) is 0 Å². The molecule has 0 radical (unpaired) electrons. The van der Waals surface area contributed by atoms with Gasteiger partial charge >= 0.3 is 0 Å². The summed E-state index contributed by atoms with van der Waals surface area (Å²) in [6, 6.07) is 10.5. The third kappa shape index (κ3) is 1.56. The Labute approximate surface area is 95.3 Å². The first-order chi connectivity index (χ1) is 7.93. The molecule has 1 aromatic rings. The van der Waals surface area contributed by atoms with Crippen LogP contribution in [0, 0.1) is 0 Å². The monoisotopic (exact) mass is 203 g/mol. The summed E-state index contributed by atoms with van der Waals surface area (Å²) < 4.78 is 0. The van der Waals surface area contributed by atoms with E-state index in [4.69, 9.17) is 0 Å². The Morgan fingerprint density at radius 3 is 2.94 bits per heavy atom. The lowest BCUT2D eigenvalue weighted by Gasteiger charge is -1.90. The zero-order valence-electron chi connectivity index (χ0n) is 8.85. The van der Waals surface area contributed by atoms with Crippen LogP contribution in [0.25, 0.3) is 11.6 Å². The van der Waals surface area contributed by atoms with Gasteiger partial charge in [0.15, 0.2) is 0 Å². The fraction of sp³-hybridized carbons (Fsp3) is 0. The summed E-state index contributed by atoms with van der Waals surface area (Å²) in [5.74, 6) is 0. The van der Waals surface area contributed by atoms with Crippen LogP contribution in [0.4, 0.5) is 0 Å². The van der Waals surface area contributed by atoms with E-state index in [-0.39, 0.29) is 0 Å². The average Bonchev–Trinajstić information content (AvgIpc) is 2.86. The molecule has 0 bridgehead atoms. The van der Waals surface area contributed by atoms with E-state index in [1.54, 1.807) is 0 Å². The quantitative estimate of drug-likeness (QED) is 0.477. The molecule has 0 saturated heterocycles. The maximum absolute atomic E-state index is 3.19. The topological polar surface area (TPSA) is 0 Å². The fourth-order valence-electron chi connectivity index (χ4n) is 1.97. The number of rotatable bonds is 1. The summed E-state index contributed by atoms with van der Waals surface area (Å²) in [5, 5.41) is 0. The first-order valence-electron chi connectivity index (χ1n) is 5.39. The van der Waals surface area contributed by atoms with Crippen LogP contribution in [-0.2, 0) is 0 Å². The zero-order valence-corrected chi connectivity index (χ0v) is 8.85. The summed E-state index contributed by atoms with van der Waals surface area (Å²) in [6.07, 6.45) is 12.5. The van der Waals surface area contributed by atoms with Crippen LogP contribution in [0.15, 0.2) is 72.0 Å². The van der Waals surface area contributed by atoms with Crippen LogP contribution >= 0.6 is 0 Å². The first-order valence-corrected chi connectivity index (χ1v) is 5.39. The standard InChI is InChI=1S/C16H11/c1-2-8-14-10-11-15(16(14)9-3-1)12-13-6-4-5-7-13/h1-6,8-12H/q+1/b15-12-. The van der Waals surface area contributed by atoms with Gasteiger partial charge in [0, 0.05) is 29.9 Å². The molecule has 0 N–H and O–H groups in total. The van der Waals surface area contributed by atoms with Crippen molar-refractivity contribution >= 4 is 11.6 Å². The van der Waals surface area contributed by atoms with Gasteiger partial charge in [0.05, 0.1) is 16.7 Å². The van der Waals surface area contributed by atoms with Crippen molar-refractivity contribution in [2.24, 2.45) is 0 Å². The molecule has 0 amide bonds. The summed E-state index contributed by atoms with van der Waals surface area (Å²) in [6.45, 7) is 0. The van der Waals surface area contributed by atoms with Crippen molar-refractivity contribution in [1.29, 1.82) is 0 Å². The van der Waals surface area contributed by atoms with E-state index in [2.05, 4.69) is 60.4 Å². The molecule has 0 heteroatoms. The molecule has 0 fully saturated rings. The largest absolute Gasteiger partial charge is 0.106 e. The van der Waals surface area contributed by atoms with E-state index in [0.717, 1.165) is 5.57 Å². The Morgan fingerprint density at radius 1 is 1.06 bits per heavy atom. The van der Waals surface area contributed by atoms with Crippen LogP contribution in [0.2, 0.25) is 0 Å². The smallest absolute Gasteiger partial charge is 0.0721 e. The van der Waals surface area contributed by atoms with E-state index in [9.17, 15) is 0 Å². The summed E-state index contributed by atoms with van der Waals surface area (Å²) >= 11 is 0. The molecular formula is C16H11+. The molecule has 0 unspecified atom stereocenters. The van der Waals surface area contributed by atoms with Gasteiger partial charge in [-0.2, -0.15) is 0 Å². The highest BCUT2D eigenvalue weighted by atomic mass is 14.1. The van der Waals surface area contributed by atoms with Crippen LogP contribution in [0.1, 0.15) is 11.1 Å². The molecule has 3 rings (SSSR count). The Morgan fingerprint density at radius 2 is 2.06 bits per heavy atom. The first kappa shape index (κ1) is 9.08. The molecule has 2 aliphatic carbocycles. The maximum Gasteiger partial charge on any atom is 0.0721 e. The highest BCUT2D eigenvalue weighted by Crippen LogP contribution is 2.29. The second-order valence-corrected chi connectivity index (χ2v) is 3.84. The maximum atomic E-state index is 3.19. The van der Waals surface area contributed by atoms with Gasteiger partial charge in [-0.3, -0.25) is 0 Å². The molecule has 0 atom stereocenters. The van der Waals surface area contributed by atoms with Gasteiger partial charge in [-0.25, -0.2) is 0 Å². The van der Waals surface area contributed by atoms with Crippen LogP contribution in [0.3, 0.4) is 0 Å². The van der Waals surface area contributed by atoms with Gasteiger partial charge in [0.2, 0.25) is 0 Å². The lowest BCUT2D eigenvalue weighted by atomic mass is 10.1. The molecule has 0 saturated carbocycles. The van der Waals surface area contributed by atoms with Gasteiger partial charge in [-0.05, 0) is 36.4 Å². The zero-order chi connectivity index (χ0) is 10.8. The SMILES string of the molecule is C1=CC=CC=1/C=C1/C=Cc2ccccc[c+]21. The molecular weight excluding hydrogens is 192 g/mol. The van der Waals surface area contributed by atoms with Gasteiger partial charge in [-0.15, -0.1) is 5.73 Å². The second kappa shape index (κ2) is 3.77. The molecule has 0 aliphatic heterocycles. The average molecular weight is 203 g/mol. The highest BCUT2D eigenvalue weighted by molar-refractivity contribution is 5.90. The Hall–Kier alpha value is -2.17. The predicted molar refractivity (Wildman–Crippen MR) is 68.6 cm³/mol. The fourth-order valence-corrected chi connectivity index (χ4v) is 1.97. The van der Waals surface area contributed by atoms with Crippen molar-refractivity contribution in [3.63, 3.8) is 0 Å². The molecule has 0 aromatic heterocycles. The molecule has 0 nitrogen and oxygen atoms in total. The molecule has 16 heavy (non-hydrogen) atoms. The van der Waals surface area contributed by atoms with Gasteiger partial charge < -0.3 is 0 Å². The summed E-state index contributed by atoms with van der Waals surface area (Å²) in [7, 11) is 0. The van der Waals surface area contributed by atoms with E-state index in [0.29, 0.717) is 0 Å². The Balaban J connectivity index is 2.11. The highest BCUT2D eigenvalue weighted by Gasteiger charge is 2.15. The van der Waals surface area contributed by atoms with Crippen molar-refractivity contribution < 1.29 is 0 Å². The lowest BCUT2D eigenvalue weighted by molar-refractivity contribution is 1.68. The molecule has 2 aliphatic rings. The van der Waals surface area contributed by atoms with Crippen molar-refractivity contribution in [2.75, 3.05) is 0 Å². The van der Waals surface area contributed by atoms with E-state index in [1.807, 2.05) is 12.2 Å². The van der Waals surface area contributed by atoms with Crippen LogP contribution in [0.5, 0.6) is 0 Å². The van der Waals surface area contributed by atoms with E-state index in [1.165, 1.54) is 16.7 Å². The normalized spacial score (nSPS) is 18.0. The summed E-state index contributed by atoms with van der Waals surface area (Å²) in [5.41, 5.74) is 8.16. The van der Waals surface area contributed by atoms with E-state index >= 15 is 0 Å². The van der Waals surface area contributed by atoms with E-state index < -0.39 is 0 Å². The van der Waals surface area contributed by atoms with Crippen molar-refractivity contribution in [1.82, 2.24) is 0 Å². The Kier molecular flexibility index (Phi) is 2.14. The van der Waals surface area contributed by atoms with Crippen molar-refractivity contribution in [3.8, 4) is 0 Å². The number of hydrogen-bond donors (Lipinski definition) is 0. The molecule has 0 heterocycles. The predicted octanol–water partition coefficient (Wildman–Crippen LogP) is 4.03. The molecule has 0 spiro atoms. The van der Waals surface area contributed by atoms with Gasteiger partial charge in [0.25, 0.3) is 0 Å². The molecule has 1 aromatic carbocycles. The van der Waals surface area contributed by atoms with Crippen molar-refractivity contribution in [3.05, 3.63) is 83.1 Å². The minimum atomic E-state index is 1.14. The van der Waals surface area contributed by atoms with Crippen molar-refractivity contribution in [2.45, 2.75) is 0 Å².